The van der Waals surface area contributed by atoms with Crippen molar-refractivity contribution in [3.8, 4) is 6.07 Å². The fraction of sp³-hybridized carbons (Fsp3) is 0.280. The number of carbonyl (C=O) groups excluding carboxylic acids is 1. The maximum Gasteiger partial charge on any atom is 0.284 e. The van der Waals surface area contributed by atoms with Gasteiger partial charge in [0.05, 0.1) is 5.56 Å². The second-order valence-electron chi connectivity index (χ2n) is 8.32. The Morgan fingerprint density at radius 1 is 1.12 bits per heavy atom. The lowest BCUT2D eigenvalue weighted by Crippen LogP contribution is -2.46. The number of hydrogen-bond donors (Lipinski definition) is 2. The quantitative estimate of drug-likeness (QED) is 0.489. The highest BCUT2D eigenvalue weighted by Crippen LogP contribution is 2.26. The Hall–Kier alpha value is -3.76. The van der Waals surface area contributed by atoms with Crippen LogP contribution < -0.4 is 10.6 Å². The molecule has 1 aliphatic rings. The minimum Gasteiger partial charge on any atom is -0.451 e. The van der Waals surface area contributed by atoms with Crippen LogP contribution in [0.4, 0.5) is 5.69 Å². The summed E-state index contributed by atoms with van der Waals surface area (Å²) < 4.78 is 5.48. The molecule has 7 nitrogen and oxygen atoms in total. The summed E-state index contributed by atoms with van der Waals surface area (Å²) in [6, 6.07) is 16.3. The molecule has 2 aromatic heterocycles. The van der Waals surface area contributed by atoms with Crippen LogP contribution in [-0.2, 0) is 6.42 Å². The molecular formula is C25H25N5O2. The van der Waals surface area contributed by atoms with Crippen LogP contribution in [0.2, 0.25) is 0 Å². The largest absolute Gasteiger partial charge is 0.451 e. The topological polar surface area (TPSA) is 102 Å². The summed E-state index contributed by atoms with van der Waals surface area (Å²) in [5, 5.41) is 11.0. The lowest BCUT2D eigenvalue weighted by molar-refractivity contribution is 0.0976. The van der Waals surface area contributed by atoms with Gasteiger partial charge in [-0.2, -0.15) is 5.26 Å². The van der Waals surface area contributed by atoms with Crippen LogP contribution in [0.5, 0.6) is 0 Å². The Kier molecular flexibility index (Phi) is 5.29. The number of nitrogens with one attached hydrogen (secondary N) is 1. The number of H-pyrrole nitrogens is 1. The molecule has 0 atom stereocenters. The Labute approximate surface area is 186 Å². The Bertz CT molecular complexity index is 1320. The van der Waals surface area contributed by atoms with Crippen molar-refractivity contribution < 1.29 is 9.21 Å². The first kappa shape index (κ1) is 20.2. The molecule has 4 aromatic rings. The number of furan rings is 1. The zero-order valence-electron chi connectivity index (χ0n) is 17.8. The maximum atomic E-state index is 11.3. The number of rotatable bonds is 6. The van der Waals surface area contributed by atoms with Crippen LogP contribution in [0.1, 0.15) is 28.1 Å². The summed E-state index contributed by atoms with van der Waals surface area (Å²) in [7, 11) is 0. The van der Waals surface area contributed by atoms with E-state index in [0.29, 0.717) is 11.1 Å². The molecule has 1 aliphatic heterocycles. The average Bonchev–Trinajstić information content (AvgIpc) is 3.43. The first-order valence-corrected chi connectivity index (χ1v) is 10.9. The Balaban J connectivity index is 1.14. The molecule has 0 saturated carbocycles. The molecule has 162 valence electrons. The van der Waals surface area contributed by atoms with Crippen molar-refractivity contribution in [3.05, 3.63) is 65.5 Å². The van der Waals surface area contributed by atoms with E-state index in [1.165, 1.54) is 5.56 Å². The van der Waals surface area contributed by atoms with E-state index >= 15 is 0 Å². The van der Waals surface area contributed by atoms with E-state index in [-0.39, 0.29) is 5.76 Å². The van der Waals surface area contributed by atoms with Gasteiger partial charge in [-0.3, -0.25) is 9.69 Å². The van der Waals surface area contributed by atoms with Gasteiger partial charge in [0.25, 0.3) is 5.91 Å². The molecule has 3 heterocycles. The third-order valence-corrected chi connectivity index (χ3v) is 6.29. The Morgan fingerprint density at radius 2 is 1.97 bits per heavy atom. The molecular weight excluding hydrogens is 402 g/mol. The summed E-state index contributed by atoms with van der Waals surface area (Å²) in [4.78, 5) is 19.4. The number of aromatic amines is 1. The van der Waals surface area contributed by atoms with Crippen molar-refractivity contribution in [2.24, 2.45) is 5.73 Å². The van der Waals surface area contributed by atoms with Crippen molar-refractivity contribution in [3.63, 3.8) is 0 Å². The highest BCUT2D eigenvalue weighted by Gasteiger charge is 2.18. The number of hydrogen-bond acceptors (Lipinski definition) is 5. The van der Waals surface area contributed by atoms with E-state index in [4.69, 9.17) is 15.4 Å². The van der Waals surface area contributed by atoms with E-state index in [1.807, 2.05) is 18.2 Å². The van der Waals surface area contributed by atoms with Gasteiger partial charge < -0.3 is 20.0 Å². The molecule has 32 heavy (non-hydrogen) atoms. The highest BCUT2D eigenvalue weighted by molar-refractivity contribution is 5.95. The number of aryl methyl sites for hydroxylation is 1. The standard InChI is InChI=1S/C25H25N5O2/c26-15-19-16-28-22-12-17(3-5-21(19)22)2-1-7-29-8-10-30(11-9-29)20-4-6-23-18(13-20)14-24(32-23)25(27)31/h3-6,12-14,16,28H,1-2,7-11H2,(H2,27,31). The predicted molar refractivity (Wildman–Crippen MR) is 125 cm³/mol. The zero-order chi connectivity index (χ0) is 22.1. The summed E-state index contributed by atoms with van der Waals surface area (Å²) in [5.41, 5.74) is 10.2. The fourth-order valence-corrected chi connectivity index (χ4v) is 4.51. The number of primary amides is 1. The molecule has 0 spiro atoms. The number of piperazine rings is 1. The van der Waals surface area contributed by atoms with E-state index < -0.39 is 5.91 Å². The smallest absolute Gasteiger partial charge is 0.284 e. The number of aromatic nitrogens is 1. The zero-order valence-corrected chi connectivity index (χ0v) is 17.8. The molecule has 5 rings (SSSR count). The normalized spacial score (nSPS) is 14.8. The number of nitriles is 1. The van der Waals surface area contributed by atoms with Gasteiger partial charge in [-0.15, -0.1) is 0 Å². The molecule has 1 saturated heterocycles. The lowest BCUT2D eigenvalue weighted by Gasteiger charge is -2.36. The van der Waals surface area contributed by atoms with Gasteiger partial charge >= 0.3 is 0 Å². The maximum absolute atomic E-state index is 11.3. The van der Waals surface area contributed by atoms with Gasteiger partial charge in [-0.05, 0) is 55.3 Å². The van der Waals surface area contributed by atoms with Crippen LogP contribution in [0, 0.1) is 11.3 Å². The van der Waals surface area contributed by atoms with Crippen LogP contribution in [-0.4, -0.2) is 48.5 Å². The molecule has 0 radical (unpaired) electrons. The average molecular weight is 428 g/mol. The Morgan fingerprint density at radius 3 is 2.75 bits per heavy atom. The summed E-state index contributed by atoms with van der Waals surface area (Å²) in [6.45, 7) is 5.06. The second kappa shape index (κ2) is 8.40. The predicted octanol–water partition coefficient (Wildman–Crippen LogP) is 3.64. The minimum atomic E-state index is -0.545. The van der Waals surface area contributed by atoms with E-state index in [1.54, 1.807) is 12.3 Å². The molecule has 2 aromatic carbocycles. The van der Waals surface area contributed by atoms with Gasteiger partial charge in [0.15, 0.2) is 5.76 Å². The summed E-state index contributed by atoms with van der Waals surface area (Å²) in [5.74, 6) is -0.348. The van der Waals surface area contributed by atoms with Crippen molar-refractivity contribution >= 4 is 33.5 Å². The SMILES string of the molecule is N#Cc1c[nH]c2cc(CCCN3CCN(c4ccc5oc(C(N)=O)cc5c4)CC3)ccc12. The number of nitrogens with zero attached hydrogens (tertiary/aromatic N) is 3. The van der Waals surface area contributed by atoms with Crippen molar-refractivity contribution in [1.29, 1.82) is 5.26 Å². The number of carbonyl (C=O) groups is 1. The third-order valence-electron chi connectivity index (χ3n) is 6.29. The van der Waals surface area contributed by atoms with Crippen LogP contribution >= 0.6 is 0 Å². The number of nitrogens with two attached hydrogens (primary N) is 1. The lowest BCUT2D eigenvalue weighted by atomic mass is 10.1. The van der Waals surface area contributed by atoms with Crippen LogP contribution in [0.3, 0.4) is 0 Å². The molecule has 3 N–H and O–H groups in total. The number of fused-ring (bicyclic) bond motifs is 2. The summed E-state index contributed by atoms with van der Waals surface area (Å²) >= 11 is 0. The monoisotopic (exact) mass is 427 g/mol. The van der Waals surface area contributed by atoms with Crippen molar-refractivity contribution in [2.45, 2.75) is 12.8 Å². The van der Waals surface area contributed by atoms with Crippen molar-refractivity contribution in [1.82, 2.24) is 9.88 Å². The number of amides is 1. The molecule has 1 fully saturated rings. The third kappa shape index (κ3) is 3.93. The van der Waals surface area contributed by atoms with Crippen LogP contribution in [0.25, 0.3) is 21.9 Å². The first-order valence-electron chi connectivity index (χ1n) is 10.9. The molecule has 0 bridgehead atoms. The molecule has 1 amide bonds. The van der Waals surface area contributed by atoms with E-state index in [2.05, 4.69) is 39.1 Å². The highest BCUT2D eigenvalue weighted by atomic mass is 16.3. The van der Waals surface area contributed by atoms with Gasteiger partial charge in [-0.1, -0.05) is 12.1 Å². The number of anilines is 1. The molecule has 0 unspecified atom stereocenters. The van der Waals surface area contributed by atoms with E-state index in [0.717, 1.165) is 67.5 Å². The molecule has 7 heteroatoms. The first-order chi connectivity index (χ1) is 15.6. The minimum absolute atomic E-state index is 0.197. The van der Waals surface area contributed by atoms with Gasteiger partial charge in [0.2, 0.25) is 0 Å². The van der Waals surface area contributed by atoms with E-state index in [9.17, 15) is 4.79 Å². The number of benzene rings is 2. The van der Waals surface area contributed by atoms with Crippen molar-refractivity contribution in [2.75, 3.05) is 37.6 Å². The fourth-order valence-electron chi connectivity index (χ4n) is 4.51. The van der Waals surface area contributed by atoms with Crippen LogP contribution in [0.15, 0.2) is 53.1 Å². The second-order valence-corrected chi connectivity index (χ2v) is 8.32. The summed E-state index contributed by atoms with van der Waals surface area (Å²) in [6.07, 6.45) is 3.90. The van der Waals surface area contributed by atoms with Gasteiger partial charge in [0, 0.05) is 54.4 Å². The molecule has 0 aliphatic carbocycles. The van der Waals surface area contributed by atoms with Gasteiger partial charge in [0.1, 0.15) is 11.7 Å². The van der Waals surface area contributed by atoms with Gasteiger partial charge in [-0.25, -0.2) is 0 Å².